The zero-order valence-electron chi connectivity index (χ0n) is 44.5. The second kappa shape index (κ2) is 36.5. The van der Waals surface area contributed by atoms with E-state index < -0.39 is 13.9 Å². The van der Waals surface area contributed by atoms with Gasteiger partial charge in [-0.15, -0.1) is 5.10 Å². The molecule has 6 heterocycles. The van der Waals surface area contributed by atoms with E-state index in [0.29, 0.717) is 148 Å². The number of carbonyl (C=O) groups excluding carboxylic acids is 1. The minimum absolute atomic E-state index is 0.117. The number of piperidine rings is 1. The number of aromatic nitrogens is 7. The van der Waals surface area contributed by atoms with Crippen LogP contribution in [-0.2, 0) is 69.7 Å². The number of hydrogen-bond acceptors (Lipinski definition) is 21. The van der Waals surface area contributed by atoms with Crippen LogP contribution in [0, 0.1) is 5.41 Å². The van der Waals surface area contributed by atoms with Crippen molar-refractivity contribution < 1.29 is 66.5 Å². The predicted octanol–water partition coefficient (Wildman–Crippen LogP) is 3.49. The van der Waals surface area contributed by atoms with Crippen molar-refractivity contribution in [3.63, 3.8) is 0 Å². The van der Waals surface area contributed by atoms with Crippen molar-refractivity contribution in [2.24, 2.45) is 16.1 Å². The maximum Gasteiger partial charge on any atom is 0.350 e. The van der Waals surface area contributed by atoms with Gasteiger partial charge in [-0.25, -0.2) is 9.36 Å². The minimum Gasteiger partial charge on any atom is -0.404 e. The van der Waals surface area contributed by atoms with Gasteiger partial charge in [-0.3, -0.25) is 14.4 Å². The molecule has 0 bridgehead atoms. The highest BCUT2D eigenvalue weighted by atomic mass is 35.5. The Morgan fingerprint density at radius 1 is 0.855 bits per heavy atom. The lowest BCUT2D eigenvalue weighted by Crippen LogP contribution is -2.62. The van der Waals surface area contributed by atoms with Gasteiger partial charge in [0.05, 0.1) is 136 Å². The van der Waals surface area contributed by atoms with Crippen LogP contribution >= 0.6 is 19.2 Å². The van der Waals surface area contributed by atoms with Gasteiger partial charge in [-0.1, -0.05) is 18.6 Å². The molecule has 76 heavy (non-hydrogen) atoms. The van der Waals surface area contributed by atoms with Crippen molar-refractivity contribution in [1.29, 1.82) is 0 Å². The highest BCUT2D eigenvalue weighted by Crippen LogP contribution is 2.43. The van der Waals surface area contributed by atoms with E-state index in [1.54, 1.807) is 15.6 Å². The molecule has 3 aliphatic rings. The van der Waals surface area contributed by atoms with Crippen molar-refractivity contribution in [2.75, 3.05) is 163 Å². The third kappa shape index (κ3) is 24.6. The number of hydrogen-bond donors (Lipinski definition) is 3. The topological polar surface area (TPSA) is 286 Å². The molecular weight excluding hydrogens is 1030 g/mol. The number of aldehydes is 1. The molecule has 3 fully saturated rings. The summed E-state index contributed by atoms with van der Waals surface area (Å²) in [5.74, 6) is 0.810. The first-order valence-electron chi connectivity index (χ1n) is 26.5. The number of anilines is 1. The van der Waals surface area contributed by atoms with Crippen molar-refractivity contribution in [2.45, 2.75) is 83.6 Å². The first-order chi connectivity index (χ1) is 37.0. The molecule has 3 aliphatic heterocycles. The molecule has 0 amide bonds. The van der Waals surface area contributed by atoms with Crippen LogP contribution in [0.4, 0.5) is 5.82 Å². The van der Waals surface area contributed by atoms with Gasteiger partial charge in [0, 0.05) is 62.4 Å². The molecule has 3 saturated heterocycles. The Morgan fingerprint density at radius 2 is 1.47 bits per heavy atom. The van der Waals surface area contributed by atoms with Crippen LogP contribution in [0.5, 0.6) is 0 Å². The molecule has 6 rings (SSSR count). The SMILES string of the molecule is CCCCOCCOCCOCCOCCOCCOCCOCCOCCn1cc(CCCCN=C/C(C=O)=C\N)nn1.CN1CCCC2(C1)CN(c1nc(Cl)nc3c1cnn3C1CCC(COCP(=O)(O)O)O1)C2. The third-order valence-corrected chi connectivity index (χ3v) is 13.1. The van der Waals surface area contributed by atoms with Gasteiger partial charge in [0.2, 0.25) is 5.28 Å². The molecule has 3 aromatic heterocycles. The highest BCUT2D eigenvalue weighted by Gasteiger charge is 2.46. The van der Waals surface area contributed by atoms with E-state index >= 15 is 0 Å². The maximum absolute atomic E-state index is 10.9. The lowest BCUT2D eigenvalue weighted by molar-refractivity contribution is -0.104. The number of rotatable bonds is 40. The van der Waals surface area contributed by atoms with Crippen LogP contribution in [0.2, 0.25) is 5.28 Å². The van der Waals surface area contributed by atoms with E-state index in [-0.39, 0.29) is 24.2 Å². The Labute approximate surface area is 451 Å². The normalized spacial score (nSPS) is 18.0. The quantitative estimate of drug-likeness (QED) is 0.0183. The van der Waals surface area contributed by atoms with Crippen molar-refractivity contribution in [3.8, 4) is 0 Å². The second-order valence-electron chi connectivity index (χ2n) is 18.8. The number of nitrogens with two attached hydrogens (primary N) is 1. The summed E-state index contributed by atoms with van der Waals surface area (Å²) < 4.78 is 69.4. The molecule has 2 unspecified atom stereocenters. The predicted molar refractivity (Wildman–Crippen MR) is 284 cm³/mol. The van der Waals surface area contributed by atoms with Gasteiger partial charge >= 0.3 is 7.60 Å². The smallest absolute Gasteiger partial charge is 0.350 e. The molecule has 25 nitrogen and oxygen atoms in total. The molecule has 0 aliphatic carbocycles. The number of nitrogens with zero attached hydrogens (tertiary/aromatic N) is 10. The number of halogens is 1. The standard InChI is InChI=1S/C30H55N5O9.C19H28ClN6O5P/c1-2-3-9-37-11-13-39-15-17-41-19-21-43-23-24-44-22-20-42-18-16-40-14-12-38-10-8-35-27-30(33-34-35)6-4-5-7-32-26-29(25-31)28-36;1-24-6-2-5-19(9-24)10-25(11-19)16-14-7-21-26(17(14)23-18(20)22-16)15-4-3-13(31-15)8-30-12-32(27,28)29/h25-28H,2-24,31H2,1H3;7,13,15H,2-6,8-12H2,1H3,(H2,27,28,29)/b29-25+,32-26?;. The Morgan fingerprint density at radius 3 is 2.05 bits per heavy atom. The Balaban J connectivity index is 0.000000292. The summed E-state index contributed by atoms with van der Waals surface area (Å²) in [6, 6.07) is 0. The fraction of sp³-hybridized carbons (Fsp3) is 0.776. The summed E-state index contributed by atoms with van der Waals surface area (Å²) >= 11 is 6.29. The molecule has 3 aromatic rings. The summed E-state index contributed by atoms with van der Waals surface area (Å²) in [7, 11) is -2.01. The molecule has 0 aromatic carbocycles. The van der Waals surface area contributed by atoms with Gasteiger partial charge in [0.1, 0.15) is 12.2 Å². The lowest BCUT2D eigenvalue weighted by Gasteiger charge is -2.54. The average molecular weight is 1120 g/mol. The van der Waals surface area contributed by atoms with Crippen LogP contribution in [0.1, 0.15) is 70.2 Å². The first kappa shape index (κ1) is 63.2. The number of aryl methyl sites for hydroxylation is 1. The van der Waals surface area contributed by atoms with Gasteiger partial charge < -0.3 is 72.7 Å². The van der Waals surface area contributed by atoms with Crippen LogP contribution < -0.4 is 10.6 Å². The van der Waals surface area contributed by atoms with Crippen LogP contribution in [0.25, 0.3) is 11.0 Å². The summed E-state index contributed by atoms with van der Waals surface area (Å²) in [5, 5.41) is 13.9. The molecule has 0 radical (unpaired) electrons. The van der Waals surface area contributed by atoms with Gasteiger partial charge in [0.15, 0.2) is 18.2 Å². The van der Waals surface area contributed by atoms with Crippen molar-refractivity contribution in [1.82, 2.24) is 39.6 Å². The minimum atomic E-state index is -4.19. The zero-order chi connectivity index (χ0) is 54.1. The van der Waals surface area contributed by atoms with E-state index in [9.17, 15) is 9.36 Å². The number of unbranched alkanes of at least 4 members (excludes halogenated alkanes) is 2. The molecule has 27 heteroatoms. The summed E-state index contributed by atoms with van der Waals surface area (Å²) in [5.41, 5.74) is 7.56. The largest absolute Gasteiger partial charge is 0.404 e. The number of carbonyl (C=O) groups is 1. The van der Waals surface area contributed by atoms with Gasteiger partial charge in [0.25, 0.3) is 0 Å². The molecule has 2 atom stereocenters. The van der Waals surface area contributed by atoms with Gasteiger partial charge in [-0.05, 0) is 76.6 Å². The number of fused-ring (bicyclic) bond motifs is 1. The monoisotopic (exact) mass is 1120 g/mol. The fourth-order valence-electron chi connectivity index (χ4n) is 8.66. The summed E-state index contributed by atoms with van der Waals surface area (Å²) in [6.45, 7) is 16.5. The van der Waals surface area contributed by atoms with Crippen LogP contribution in [0.15, 0.2) is 29.2 Å². The van der Waals surface area contributed by atoms with E-state index in [0.717, 1.165) is 81.8 Å². The highest BCUT2D eigenvalue weighted by molar-refractivity contribution is 7.51. The maximum atomic E-state index is 10.9. The molecule has 1 spiro atoms. The van der Waals surface area contributed by atoms with Crippen molar-refractivity contribution >= 4 is 48.5 Å². The summed E-state index contributed by atoms with van der Waals surface area (Å²) in [6.07, 6.45) is 14.6. The third-order valence-electron chi connectivity index (χ3n) is 12.4. The Hall–Kier alpha value is -3.63. The van der Waals surface area contributed by atoms with E-state index in [1.165, 1.54) is 25.3 Å². The molecular formula is C49H83ClN11O14P. The van der Waals surface area contributed by atoms with Crippen LogP contribution in [-0.4, -0.2) is 226 Å². The molecule has 0 saturated carbocycles. The van der Waals surface area contributed by atoms with Crippen molar-refractivity contribution in [3.05, 3.63) is 35.1 Å². The second-order valence-corrected chi connectivity index (χ2v) is 20.7. The van der Waals surface area contributed by atoms with E-state index in [1.807, 2.05) is 6.20 Å². The molecule has 4 N–H and O–H groups in total. The van der Waals surface area contributed by atoms with E-state index in [4.69, 9.17) is 74.5 Å². The zero-order valence-corrected chi connectivity index (χ0v) is 46.2. The van der Waals surface area contributed by atoms with Gasteiger partial charge in [-0.2, -0.15) is 15.1 Å². The first-order valence-corrected chi connectivity index (χ1v) is 28.7. The van der Waals surface area contributed by atoms with Crippen LogP contribution in [0.3, 0.4) is 0 Å². The number of aliphatic imine (C=N–C) groups is 1. The lowest BCUT2D eigenvalue weighted by atomic mass is 9.73. The molecule has 430 valence electrons. The Bertz CT molecular complexity index is 2160. The average Bonchev–Trinajstić information content (AvgIpc) is 4.18. The fourth-order valence-corrected chi connectivity index (χ4v) is 9.16. The number of ether oxygens (including phenoxy) is 10. The number of likely N-dealkylation sites (tertiary alicyclic amines) is 1. The number of allylic oxidation sites excluding steroid dienone is 1. The van der Waals surface area contributed by atoms with E-state index in [2.05, 4.69) is 54.1 Å². The summed E-state index contributed by atoms with van der Waals surface area (Å²) in [4.78, 5) is 46.3. The Kier molecular flexibility index (Phi) is 30.4.